The topological polar surface area (TPSA) is 32.7 Å². The van der Waals surface area contributed by atoms with Crippen molar-refractivity contribution in [3.05, 3.63) is 29.8 Å². The molecule has 0 fully saturated rings. The van der Waals surface area contributed by atoms with Crippen LogP contribution in [0, 0.1) is 0 Å². The molecule has 0 saturated heterocycles. The van der Waals surface area contributed by atoms with E-state index in [1.54, 1.807) is 0 Å². The highest BCUT2D eigenvalue weighted by molar-refractivity contribution is 5.36. The molecule has 3 heteroatoms. The second-order valence-corrected chi connectivity index (χ2v) is 5.04. The molecule has 1 aromatic carbocycles. The van der Waals surface area contributed by atoms with E-state index in [9.17, 15) is 5.11 Å². The summed E-state index contributed by atoms with van der Waals surface area (Å²) in [5.74, 6) is 0.912. The van der Waals surface area contributed by atoms with Crippen LogP contribution in [-0.2, 0) is 6.42 Å². The van der Waals surface area contributed by atoms with Gasteiger partial charge in [-0.15, -0.1) is 0 Å². The Morgan fingerprint density at radius 2 is 1.89 bits per heavy atom. The Morgan fingerprint density at radius 3 is 2.56 bits per heavy atom. The van der Waals surface area contributed by atoms with E-state index in [1.807, 2.05) is 24.3 Å². The molecule has 0 aromatic heterocycles. The molecule has 1 heterocycles. The van der Waals surface area contributed by atoms with Crippen molar-refractivity contribution >= 4 is 0 Å². The van der Waals surface area contributed by atoms with Gasteiger partial charge >= 0.3 is 0 Å². The molecular weight excluding hydrogens is 226 g/mol. The van der Waals surface area contributed by atoms with Crippen LogP contribution in [0.15, 0.2) is 24.3 Å². The standard InChI is InChI=1S/C15H23NO2/c1-3-9-16(10-4-2)15(17)11-13-7-5-6-8-14(13)18-12-15/h5-8,17H,3-4,9-12H2,1-2H3. The summed E-state index contributed by atoms with van der Waals surface area (Å²) in [6.45, 7) is 6.48. The maximum Gasteiger partial charge on any atom is 0.157 e. The molecule has 0 saturated carbocycles. The maximum absolute atomic E-state index is 10.8. The van der Waals surface area contributed by atoms with Crippen LogP contribution in [0.4, 0.5) is 0 Å². The minimum Gasteiger partial charge on any atom is -0.489 e. The van der Waals surface area contributed by atoms with Crippen molar-refractivity contribution in [2.75, 3.05) is 19.7 Å². The Morgan fingerprint density at radius 1 is 1.22 bits per heavy atom. The van der Waals surface area contributed by atoms with E-state index in [4.69, 9.17) is 4.74 Å². The molecular formula is C15H23NO2. The summed E-state index contributed by atoms with van der Waals surface area (Å²) >= 11 is 0. The lowest BCUT2D eigenvalue weighted by molar-refractivity contribution is -0.140. The van der Waals surface area contributed by atoms with Crippen molar-refractivity contribution in [1.82, 2.24) is 4.90 Å². The first-order valence-electron chi connectivity index (χ1n) is 6.87. The van der Waals surface area contributed by atoms with E-state index < -0.39 is 5.72 Å². The van der Waals surface area contributed by atoms with Crippen LogP contribution in [0.1, 0.15) is 32.3 Å². The molecule has 1 atom stereocenters. The summed E-state index contributed by atoms with van der Waals surface area (Å²) in [5, 5.41) is 10.8. The number of para-hydroxylation sites is 1. The normalized spacial score (nSPS) is 22.7. The largest absolute Gasteiger partial charge is 0.489 e. The molecule has 2 rings (SSSR count). The van der Waals surface area contributed by atoms with Gasteiger partial charge in [0.1, 0.15) is 12.4 Å². The van der Waals surface area contributed by atoms with Crippen LogP contribution in [0.2, 0.25) is 0 Å². The van der Waals surface area contributed by atoms with Crippen LogP contribution < -0.4 is 4.74 Å². The zero-order valence-electron chi connectivity index (χ0n) is 11.4. The Bertz CT molecular complexity index is 388. The molecule has 0 aliphatic carbocycles. The van der Waals surface area contributed by atoms with Crippen molar-refractivity contribution in [1.29, 1.82) is 0 Å². The van der Waals surface area contributed by atoms with Crippen LogP contribution in [0.3, 0.4) is 0 Å². The molecule has 0 amide bonds. The van der Waals surface area contributed by atoms with Gasteiger partial charge in [-0.25, -0.2) is 0 Å². The number of fused-ring (bicyclic) bond motifs is 1. The van der Waals surface area contributed by atoms with Gasteiger partial charge in [-0.3, -0.25) is 4.90 Å². The van der Waals surface area contributed by atoms with Crippen LogP contribution in [-0.4, -0.2) is 35.4 Å². The third-order valence-electron chi connectivity index (χ3n) is 3.48. The van der Waals surface area contributed by atoms with Gasteiger partial charge in [0.25, 0.3) is 0 Å². The Labute approximate surface area is 109 Å². The van der Waals surface area contributed by atoms with Crippen LogP contribution in [0.25, 0.3) is 0 Å². The third-order valence-corrected chi connectivity index (χ3v) is 3.48. The molecule has 1 aliphatic heterocycles. The lowest BCUT2D eigenvalue weighted by Crippen LogP contribution is -2.56. The van der Waals surface area contributed by atoms with Gasteiger partial charge in [0.05, 0.1) is 0 Å². The molecule has 3 nitrogen and oxygen atoms in total. The Kier molecular flexibility index (Phi) is 4.25. The number of rotatable bonds is 5. The molecule has 1 unspecified atom stereocenters. The van der Waals surface area contributed by atoms with Gasteiger partial charge in [-0.05, 0) is 24.5 Å². The lowest BCUT2D eigenvalue weighted by Gasteiger charge is -2.42. The number of benzene rings is 1. The van der Waals surface area contributed by atoms with Crippen LogP contribution >= 0.6 is 0 Å². The second kappa shape index (κ2) is 5.72. The highest BCUT2D eigenvalue weighted by Crippen LogP contribution is 2.31. The summed E-state index contributed by atoms with van der Waals surface area (Å²) in [7, 11) is 0. The third kappa shape index (κ3) is 2.68. The minimum absolute atomic E-state index is 0.365. The van der Waals surface area contributed by atoms with E-state index in [0.29, 0.717) is 13.0 Å². The average molecular weight is 249 g/mol. The number of hydrogen-bond donors (Lipinski definition) is 1. The molecule has 0 spiro atoms. The summed E-state index contributed by atoms with van der Waals surface area (Å²) in [4.78, 5) is 2.16. The predicted molar refractivity (Wildman–Crippen MR) is 72.7 cm³/mol. The van der Waals surface area contributed by atoms with Gasteiger partial charge in [0, 0.05) is 19.5 Å². The first-order valence-corrected chi connectivity index (χ1v) is 6.87. The van der Waals surface area contributed by atoms with E-state index in [0.717, 1.165) is 37.2 Å². The van der Waals surface area contributed by atoms with Gasteiger partial charge in [0.2, 0.25) is 0 Å². The SMILES string of the molecule is CCCN(CCC)C1(O)COc2ccccc2C1. The average Bonchev–Trinajstić information content (AvgIpc) is 2.38. The van der Waals surface area contributed by atoms with Gasteiger partial charge in [-0.2, -0.15) is 0 Å². The Balaban J connectivity index is 2.17. The van der Waals surface area contributed by atoms with Crippen molar-refractivity contribution in [2.24, 2.45) is 0 Å². The van der Waals surface area contributed by atoms with E-state index in [1.165, 1.54) is 0 Å². The summed E-state index contributed by atoms with van der Waals surface area (Å²) < 4.78 is 5.72. The first-order chi connectivity index (χ1) is 8.69. The molecule has 1 aliphatic rings. The number of hydrogen-bond acceptors (Lipinski definition) is 3. The van der Waals surface area contributed by atoms with E-state index in [2.05, 4.69) is 18.7 Å². The number of nitrogens with zero attached hydrogens (tertiary/aromatic N) is 1. The monoisotopic (exact) mass is 249 g/mol. The summed E-state index contributed by atoms with van der Waals surface area (Å²) in [6.07, 6.45) is 2.75. The number of ether oxygens (including phenoxy) is 1. The highest BCUT2D eigenvalue weighted by atomic mass is 16.5. The maximum atomic E-state index is 10.8. The molecule has 0 radical (unpaired) electrons. The molecule has 1 aromatic rings. The van der Waals surface area contributed by atoms with Crippen molar-refractivity contribution in [2.45, 2.75) is 38.8 Å². The van der Waals surface area contributed by atoms with Crippen molar-refractivity contribution < 1.29 is 9.84 Å². The van der Waals surface area contributed by atoms with Gasteiger partial charge < -0.3 is 9.84 Å². The smallest absolute Gasteiger partial charge is 0.157 e. The molecule has 18 heavy (non-hydrogen) atoms. The molecule has 0 bridgehead atoms. The van der Waals surface area contributed by atoms with E-state index in [-0.39, 0.29) is 0 Å². The first kappa shape index (κ1) is 13.4. The fraction of sp³-hybridized carbons (Fsp3) is 0.600. The predicted octanol–water partition coefficient (Wildman–Crippen LogP) is 2.43. The zero-order chi connectivity index (χ0) is 13.0. The quantitative estimate of drug-likeness (QED) is 0.814. The molecule has 100 valence electrons. The molecule has 1 N–H and O–H groups in total. The Hall–Kier alpha value is -1.06. The minimum atomic E-state index is -0.847. The van der Waals surface area contributed by atoms with Crippen molar-refractivity contribution in [3.8, 4) is 5.75 Å². The zero-order valence-corrected chi connectivity index (χ0v) is 11.4. The van der Waals surface area contributed by atoms with E-state index >= 15 is 0 Å². The van der Waals surface area contributed by atoms with Gasteiger partial charge in [-0.1, -0.05) is 32.0 Å². The van der Waals surface area contributed by atoms with Crippen molar-refractivity contribution in [3.63, 3.8) is 0 Å². The highest BCUT2D eigenvalue weighted by Gasteiger charge is 2.38. The second-order valence-electron chi connectivity index (χ2n) is 5.04. The van der Waals surface area contributed by atoms with Gasteiger partial charge in [0.15, 0.2) is 5.72 Å². The fourth-order valence-electron chi connectivity index (χ4n) is 2.61. The summed E-state index contributed by atoms with van der Waals surface area (Å²) in [6, 6.07) is 7.98. The summed E-state index contributed by atoms with van der Waals surface area (Å²) in [5.41, 5.74) is 0.254. The fourth-order valence-corrected chi connectivity index (χ4v) is 2.61. The number of aliphatic hydroxyl groups is 1. The van der Waals surface area contributed by atoms with Crippen LogP contribution in [0.5, 0.6) is 5.75 Å². The lowest BCUT2D eigenvalue weighted by atomic mass is 9.97.